The summed E-state index contributed by atoms with van der Waals surface area (Å²) in [5.74, 6) is -0.798. The van der Waals surface area contributed by atoms with Crippen LogP contribution in [0.5, 0.6) is 0 Å². The van der Waals surface area contributed by atoms with Crippen molar-refractivity contribution in [3.05, 3.63) is 35.9 Å². The van der Waals surface area contributed by atoms with Gasteiger partial charge in [-0.15, -0.1) is 0 Å². The van der Waals surface area contributed by atoms with Crippen LogP contribution in [0.2, 0.25) is 0 Å². The molecule has 2 aliphatic rings. The minimum atomic E-state index is -0.543. The van der Waals surface area contributed by atoms with E-state index in [0.717, 1.165) is 18.4 Å². The van der Waals surface area contributed by atoms with Crippen LogP contribution in [0.3, 0.4) is 0 Å². The van der Waals surface area contributed by atoms with E-state index < -0.39 is 12.0 Å². The van der Waals surface area contributed by atoms with Crippen LogP contribution >= 0.6 is 0 Å². The van der Waals surface area contributed by atoms with E-state index in [4.69, 9.17) is 14.2 Å². The summed E-state index contributed by atoms with van der Waals surface area (Å²) in [6.45, 7) is 0.192. The van der Waals surface area contributed by atoms with E-state index in [9.17, 15) is 9.59 Å². The van der Waals surface area contributed by atoms with Gasteiger partial charge in [0.05, 0.1) is 25.4 Å². The minimum absolute atomic E-state index is 0.140. The third-order valence-corrected chi connectivity index (χ3v) is 4.24. The van der Waals surface area contributed by atoms with E-state index in [0.29, 0.717) is 0 Å². The summed E-state index contributed by atoms with van der Waals surface area (Å²) in [4.78, 5) is 23.8. The number of nitrogens with one attached hydrogen (secondary N) is 1. The number of alkyl carbamates (subject to hydrolysis) is 1. The van der Waals surface area contributed by atoms with Crippen LogP contribution in [0, 0.1) is 5.92 Å². The van der Waals surface area contributed by atoms with E-state index in [1.807, 2.05) is 30.3 Å². The van der Waals surface area contributed by atoms with Crippen molar-refractivity contribution in [1.82, 2.24) is 5.32 Å². The van der Waals surface area contributed by atoms with Crippen molar-refractivity contribution in [3.8, 4) is 0 Å². The number of hydrogen-bond donors (Lipinski definition) is 1. The first kappa shape index (κ1) is 14.8. The fourth-order valence-electron chi connectivity index (χ4n) is 3.20. The monoisotopic (exact) mass is 305 g/mol. The Labute approximate surface area is 128 Å². The molecule has 6 heteroatoms. The van der Waals surface area contributed by atoms with Gasteiger partial charge in [-0.25, -0.2) is 4.79 Å². The Balaban J connectivity index is 1.57. The molecule has 22 heavy (non-hydrogen) atoms. The number of methoxy groups -OCH3 is 1. The van der Waals surface area contributed by atoms with Crippen molar-refractivity contribution >= 4 is 12.1 Å². The van der Waals surface area contributed by atoms with Crippen LogP contribution in [-0.2, 0) is 25.6 Å². The maximum absolute atomic E-state index is 12.0. The van der Waals surface area contributed by atoms with Crippen molar-refractivity contribution in [3.63, 3.8) is 0 Å². The average molecular weight is 305 g/mol. The second-order valence-corrected chi connectivity index (χ2v) is 5.57. The normalized spacial score (nSPS) is 29.1. The van der Waals surface area contributed by atoms with Gasteiger partial charge in [-0.3, -0.25) is 4.79 Å². The maximum atomic E-state index is 12.0. The van der Waals surface area contributed by atoms with Gasteiger partial charge in [0.25, 0.3) is 0 Å². The second-order valence-electron chi connectivity index (χ2n) is 5.57. The van der Waals surface area contributed by atoms with Crippen LogP contribution < -0.4 is 5.32 Å². The van der Waals surface area contributed by atoms with E-state index in [-0.39, 0.29) is 30.8 Å². The number of ether oxygens (including phenoxy) is 3. The zero-order valence-corrected chi connectivity index (χ0v) is 12.4. The average Bonchev–Trinajstić information content (AvgIpc) is 3.14. The molecule has 1 aromatic rings. The molecule has 0 aromatic heterocycles. The number of amides is 1. The lowest BCUT2D eigenvalue weighted by Gasteiger charge is -2.26. The number of rotatable bonds is 4. The molecule has 0 radical (unpaired) electrons. The zero-order chi connectivity index (χ0) is 15.5. The molecular weight excluding hydrogens is 286 g/mol. The highest BCUT2D eigenvalue weighted by molar-refractivity contribution is 5.76. The molecule has 0 spiro atoms. The Morgan fingerprint density at radius 3 is 2.68 bits per heavy atom. The number of benzene rings is 1. The molecular formula is C16H19NO5. The number of carbonyl (C=O) groups is 2. The van der Waals surface area contributed by atoms with Crippen molar-refractivity contribution in [1.29, 1.82) is 0 Å². The molecule has 0 saturated carbocycles. The quantitative estimate of drug-likeness (QED) is 0.856. The van der Waals surface area contributed by atoms with Gasteiger partial charge in [0, 0.05) is 0 Å². The zero-order valence-electron chi connectivity index (χ0n) is 12.4. The Morgan fingerprint density at radius 2 is 1.95 bits per heavy atom. The SMILES string of the molecule is COC(=O)C1C(NC(=O)OCc2ccccc2)[C@H]2CC[C@@H]1O2. The largest absolute Gasteiger partial charge is 0.469 e. The summed E-state index contributed by atoms with van der Waals surface area (Å²) < 4.78 is 15.7. The molecule has 2 fully saturated rings. The first-order chi connectivity index (χ1) is 10.7. The lowest BCUT2D eigenvalue weighted by atomic mass is 9.84. The highest BCUT2D eigenvalue weighted by Crippen LogP contribution is 2.39. The van der Waals surface area contributed by atoms with Crippen molar-refractivity contribution in [2.45, 2.75) is 37.7 Å². The summed E-state index contributed by atoms with van der Waals surface area (Å²) in [5, 5.41) is 2.76. The van der Waals surface area contributed by atoms with Gasteiger partial charge in [-0.1, -0.05) is 30.3 Å². The van der Waals surface area contributed by atoms with Gasteiger partial charge in [0.1, 0.15) is 12.5 Å². The smallest absolute Gasteiger partial charge is 0.407 e. The summed E-state index contributed by atoms with van der Waals surface area (Å²) in [7, 11) is 1.35. The molecule has 2 saturated heterocycles. The van der Waals surface area contributed by atoms with Crippen LogP contribution in [0.25, 0.3) is 0 Å². The van der Waals surface area contributed by atoms with Gasteiger partial charge >= 0.3 is 12.1 Å². The predicted molar refractivity (Wildman–Crippen MR) is 77.0 cm³/mol. The number of esters is 1. The van der Waals surface area contributed by atoms with Crippen molar-refractivity contribution < 1.29 is 23.8 Å². The first-order valence-corrected chi connectivity index (χ1v) is 7.39. The molecule has 2 aliphatic heterocycles. The van der Waals surface area contributed by atoms with Crippen molar-refractivity contribution in [2.24, 2.45) is 5.92 Å². The Hall–Kier alpha value is -2.08. The number of hydrogen-bond acceptors (Lipinski definition) is 5. The topological polar surface area (TPSA) is 73.9 Å². The molecule has 1 N–H and O–H groups in total. The third kappa shape index (κ3) is 2.92. The molecule has 3 rings (SSSR count). The highest BCUT2D eigenvalue weighted by Gasteiger charge is 2.53. The van der Waals surface area contributed by atoms with Crippen LogP contribution in [0.1, 0.15) is 18.4 Å². The lowest BCUT2D eigenvalue weighted by Crippen LogP contribution is -2.50. The third-order valence-electron chi connectivity index (χ3n) is 4.24. The van der Waals surface area contributed by atoms with Gasteiger partial charge in [-0.05, 0) is 18.4 Å². The summed E-state index contributed by atoms with van der Waals surface area (Å²) >= 11 is 0. The number of carbonyl (C=O) groups excluding carboxylic acids is 2. The Bertz CT molecular complexity index is 547. The minimum Gasteiger partial charge on any atom is -0.469 e. The molecule has 1 aromatic carbocycles. The predicted octanol–water partition coefficient (Wildman–Crippen LogP) is 1.63. The highest BCUT2D eigenvalue weighted by atomic mass is 16.6. The van der Waals surface area contributed by atoms with Gasteiger partial charge < -0.3 is 19.5 Å². The summed E-state index contributed by atoms with van der Waals surface area (Å²) in [6.07, 6.45) is 0.804. The second kappa shape index (κ2) is 6.36. The van der Waals surface area contributed by atoms with E-state index in [1.165, 1.54) is 7.11 Å². The summed E-state index contributed by atoms with van der Waals surface area (Å²) in [5.41, 5.74) is 0.909. The first-order valence-electron chi connectivity index (χ1n) is 7.39. The fraction of sp³-hybridized carbons (Fsp3) is 0.500. The molecule has 118 valence electrons. The van der Waals surface area contributed by atoms with Crippen LogP contribution in [0.15, 0.2) is 30.3 Å². The van der Waals surface area contributed by atoms with Crippen LogP contribution in [-0.4, -0.2) is 37.4 Å². The van der Waals surface area contributed by atoms with E-state index in [1.54, 1.807) is 0 Å². The van der Waals surface area contributed by atoms with Crippen LogP contribution in [0.4, 0.5) is 4.79 Å². The van der Waals surface area contributed by atoms with Gasteiger partial charge in [0.2, 0.25) is 0 Å². The van der Waals surface area contributed by atoms with E-state index in [2.05, 4.69) is 5.32 Å². The molecule has 1 amide bonds. The van der Waals surface area contributed by atoms with Gasteiger partial charge in [-0.2, -0.15) is 0 Å². The number of fused-ring (bicyclic) bond motifs is 2. The summed E-state index contributed by atoms with van der Waals surface area (Å²) in [6, 6.07) is 9.05. The van der Waals surface area contributed by atoms with Gasteiger partial charge in [0.15, 0.2) is 0 Å². The maximum Gasteiger partial charge on any atom is 0.407 e. The molecule has 2 unspecified atom stereocenters. The molecule has 2 heterocycles. The van der Waals surface area contributed by atoms with E-state index >= 15 is 0 Å². The standard InChI is InChI=1S/C16H19NO5/c1-20-15(18)13-11-7-8-12(22-11)14(13)17-16(19)21-9-10-5-3-2-4-6-10/h2-6,11-14H,7-9H2,1H3,(H,17,19)/t11-,12+,13?,14?/m0/s1. The Kier molecular flexibility index (Phi) is 4.29. The lowest BCUT2D eigenvalue weighted by molar-refractivity contribution is -0.147. The Morgan fingerprint density at radius 1 is 1.23 bits per heavy atom. The molecule has 2 bridgehead atoms. The molecule has 4 atom stereocenters. The van der Waals surface area contributed by atoms with Crippen molar-refractivity contribution in [2.75, 3.05) is 7.11 Å². The molecule has 0 aliphatic carbocycles. The fourth-order valence-corrected chi connectivity index (χ4v) is 3.20. The molecule has 6 nitrogen and oxygen atoms in total.